The van der Waals surface area contributed by atoms with E-state index >= 15 is 0 Å². The standard InChI is InChI=1S/C11H15ClO2S2/c1-3-16(13,14)11-6-4-10(5-7-11)15-9(2)8-12/h4-7,9H,3,8H2,1-2H3. The molecular weight excluding hydrogens is 264 g/mol. The molecule has 0 amide bonds. The Morgan fingerprint density at radius 2 is 1.88 bits per heavy atom. The van der Waals surface area contributed by atoms with Crippen molar-refractivity contribution in [3.63, 3.8) is 0 Å². The van der Waals surface area contributed by atoms with Crippen molar-refractivity contribution in [1.82, 2.24) is 0 Å². The lowest BCUT2D eigenvalue weighted by Crippen LogP contribution is -2.03. The van der Waals surface area contributed by atoms with Crippen LogP contribution >= 0.6 is 23.4 Å². The number of benzene rings is 1. The van der Waals surface area contributed by atoms with Gasteiger partial charge < -0.3 is 0 Å². The summed E-state index contributed by atoms with van der Waals surface area (Å²) in [5.74, 6) is 0.719. The van der Waals surface area contributed by atoms with Crippen molar-refractivity contribution in [1.29, 1.82) is 0 Å². The zero-order valence-electron chi connectivity index (χ0n) is 9.31. The molecule has 1 aromatic rings. The highest BCUT2D eigenvalue weighted by Crippen LogP contribution is 2.25. The van der Waals surface area contributed by atoms with E-state index in [-0.39, 0.29) is 5.75 Å². The molecule has 0 aliphatic rings. The minimum absolute atomic E-state index is 0.136. The lowest BCUT2D eigenvalue weighted by Gasteiger charge is -2.07. The van der Waals surface area contributed by atoms with Crippen LogP contribution in [0.25, 0.3) is 0 Å². The van der Waals surface area contributed by atoms with Gasteiger partial charge >= 0.3 is 0 Å². The van der Waals surface area contributed by atoms with E-state index in [2.05, 4.69) is 0 Å². The van der Waals surface area contributed by atoms with Crippen LogP contribution < -0.4 is 0 Å². The van der Waals surface area contributed by atoms with E-state index in [0.717, 1.165) is 4.90 Å². The first-order chi connectivity index (χ1) is 7.49. The first kappa shape index (κ1) is 13.9. The quantitative estimate of drug-likeness (QED) is 0.613. The summed E-state index contributed by atoms with van der Waals surface area (Å²) in [7, 11) is -3.08. The predicted octanol–water partition coefficient (Wildman–Crippen LogP) is 3.20. The topological polar surface area (TPSA) is 34.1 Å². The molecular formula is C11H15ClO2S2. The van der Waals surface area contributed by atoms with Crippen molar-refractivity contribution in [2.24, 2.45) is 0 Å². The van der Waals surface area contributed by atoms with Crippen molar-refractivity contribution in [3.05, 3.63) is 24.3 Å². The molecule has 0 bridgehead atoms. The van der Waals surface area contributed by atoms with Crippen molar-refractivity contribution in [2.75, 3.05) is 11.6 Å². The highest BCUT2D eigenvalue weighted by molar-refractivity contribution is 8.00. The van der Waals surface area contributed by atoms with Crippen LogP contribution in [0.1, 0.15) is 13.8 Å². The molecule has 1 unspecified atom stereocenters. The molecule has 0 saturated carbocycles. The van der Waals surface area contributed by atoms with Crippen LogP contribution in [-0.2, 0) is 9.84 Å². The summed E-state index contributed by atoms with van der Waals surface area (Å²) in [6.45, 7) is 3.68. The number of hydrogen-bond donors (Lipinski definition) is 0. The average molecular weight is 279 g/mol. The lowest BCUT2D eigenvalue weighted by atomic mass is 10.4. The van der Waals surface area contributed by atoms with E-state index < -0.39 is 9.84 Å². The highest BCUT2D eigenvalue weighted by atomic mass is 35.5. The summed E-state index contributed by atoms with van der Waals surface area (Å²) >= 11 is 7.36. The van der Waals surface area contributed by atoms with Gasteiger partial charge in [-0.15, -0.1) is 23.4 Å². The van der Waals surface area contributed by atoms with Gasteiger partial charge in [-0.3, -0.25) is 0 Å². The molecule has 2 nitrogen and oxygen atoms in total. The lowest BCUT2D eigenvalue weighted by molar-refractivity contribution is 0.597. The van der Waals surface area contributed by atoms with Crippen LogP contribution in [0.5, 0.6) is 0 Å². The molecule has 0 N–H and O–H groups in total. The minimum atomic E-state index is -3.08. The van der Waals surface area contributed by atoms with E-state index in [4.69, 9.17) is 11.6 Å². The number of alkyl halides is 1. The van der Waals surface area contributed by atoms with Gasteiger partial charge in [-0.25, -0.2) is 8.42 Å². The Bertz CT molecular complexity index is 426. The molecule has 5 heteroatoms. The van der Waals surface area contributed by atoms with Crippen molar-refractivity contribution >= 4 is 33.2 Å². The number of sulfone groups is 1. The molecule has 0 aliphatic carbocycles. The fourth-order valence-corrected chi connectivity index (χ4v) is 3.05. The average Bonchev–Trinajstić information content (AvgIpc) is 2.29. The number of thioether (sulfide) groups is 1. The Hall–Kier alpha value is -0.190. The summed E-state index contributed by atoms with van der Waals surface area (Å²) in [4.78, 5) is 1.43. The first-order valence-corrected chi connectivity index (χ1v) is 8.11. The molecule has 0 fully saturated rings. The Kier molecular flexibility index (Phi) is 5.15. The largest absolute Gasteiger partial charge is 0.224 e. The van der Waals surface area contributed by atoms with Crippen LogP contribution in [0.3, 0.4) is 0 Å². The normalized spacial score (nSPS) is 13.7. The molecule has 1 aromatic carbocycles. The molecule has 1 rings (SSSR count). The summed E-state index contributed by atoms with van der Waals surface area (Å²) in [6, 6.07) is 6.97. The van der Waals surface area contributed by atoms with Gasteiger partial charge in [0, 0.05) is 16.0 Å². The maximum Gasteiger partial charge on any atom is 0.178 e. The van der Waals surface area contributed by atoms with Gasteiger partial charge in [0.05, 0.1) is 10.6 Å². The molecule has 0 heterocycles. The second kappa shape index (κ2) is 5.94. The van der Waals surface area contributed by atoms with Gasteiger partial charge in [0.2, 0.25) is 0 Å². The van der Waals surface area contributed by atoms with Crippen LogP contribution in [0.4, 0.5) is 0 Å². The summed E-state index contributed by atoms with van der Waals surface area (Å²) in [5.41, 5.74) is 0. The molecule has 0 radical (unpaired) electrons. The van der Waals surface area contributed by atoms with Crippen LogP contribution in [0, 0.1) is 0 Å². The molecule has 0 aliphatic heterocycles. The van der Waals surface area contributed by atoms with E-state index in [1.165, 1.54) is 0 Å². The van der Waals surface area contributed by atoms with Gasteiger partial charge in [-0.2, -0.15) is 0 Å². The number of halogens is 1. The second-order valence-corrected chi connectivity index (χ2v) is 7.56. The van der Waals surface area contributed by atoms with Gasteiger partial charge in [0.15, 0.2) is 9.84 Å². The number of rotatable bonds is 5. The Morgan fingerprint density at radius 3 is 2.31 bits per heavy atom. The third kappa shape index (κ3) is 3.68. The van der Waals surface area contributed by atoms with Gasteiger partial charge in [0.1, 0.15) is 0 Å². The summed E-state index contributed by atoms with van der Waals surface area (Å²) < 4.78 is 23.1. The Balaban J connectivity index is 2.84. The molecule has 0 saturated heterocycles. The third-order valence-electron chi connectivity index (χ3n) is 2.12. The van der Waals surface area contributed by atoms with Gasteiger partial charge in [-0.1, -0.05) is 13.8 Å². The molecule has 0 spiro atoms. The minimum Gasteiger partial charge on any atom is -0.224 e. The van der Waals surface area contributed by atoms with Crippen LogP contribution in [0.2, 0.25) is 0 Å². The zero-order chi connectivity index (χ0) is 12.2. The maximum atomic E-state index is 11.6. The van der Waals surface area contributed by atoms with Gasteiger partial charge in [-0.05, 0) is 24.3 Å². The van der Waals surface area contributed by atoms with E-state index in [9.17, 15) is 8.42 Å². The Morgan fingerprint density at radius 1 is 1.31 bits per heavy atom. The monoisotopic (exact) mass is 278 g/mol. The van der Waals surface area contributed by atoms with E-state index in [1.54, 1.807) is 30.8 Å². The molecule has 90 valence electrons. The Labute approximate surface area is 106 Å². The molecule has 0 aromatic heterocycles. The summed E-state index contributed by atoms with van der Waals surface area (Å²) in [6.07, 6.45) is 0. The van der Waals surface area contributed by atoms with Crippen LogP contribution in [-0.4, -0.2) is 25.3 Å². The van der Waals surface area contributed by atoms with Crippen molar-refractivity contribution < 1.29 is 8.42 Å². The summed E-state index contributed by atoms with van der Waals surface area (Å²) in [5, 5.41) is 0.329. The van der Waals surface area contributed by atoms with Crippen molar-refractivity contribution in [3.8, 4) is 0 Å². The zero-order valence-corrected chi connectivity index (χ0v) is 11.7. The maximum absolute atomic E-state index is 11.6. The number of hydrogen-bond acceptors (Lipinski definition) is 3. The smallest absolute Gasteiger partial charge is 0.178 e. The fraction of sp³-hybridized carbons (Fsp3) is 0.455. The van der Waals surface area contributed by atoms with Crippen LogP contribution in [0.15, 0.2) is 34.1 Å². The predicted molar refractivity (Wildman–Crippen MR) is 70.2 cm³/mol. The SMILES string of the molecule is CCS(=O)(=O)c1ccc(SC(C)CCl)cc1. The molecule has 16 heavy (non-hydrogen) atoms. The van der Waals surface area contributed by atoms with E-state index in [0.29, 0.717) is 16.0 Å². The second-order valence-electron chi connectivity index (χ2n) is 3.46. The van der Waals surface area contributed by atoms with Gasteiger partial charge in [0.25, 0.3) is 0 Å². The van der Waals surface area contributed by atoms with E-state index in [1.807, 2.05) is 19.1 Å². The third-order valence-corrected chi connectivity index (χ3v) is 5.63. The fourth-order valence-electron chi connectivity index (χ4n) is 1.16. The molecule has 1 atom stereocenters. The highest BCUT2D eigenvalue weighted by Gasteiger charge is 2.11. The van der Waals surface area contributed by atoms with Crippen molar-refractivity contribution in [2.45, 2.75) is 28.9 Å². The first-order valence-electron chi connectivity index (χ1n) is 5.05.